The molecule has 76 valence electrons. The Bertz CT molecular complexity index is 323. The highest BCUT2D eigenvalue weighted by Gasteiger charge is 2.08. The summed E-state index contributed by atoms with van der Waals surface area (Å²) in [5, 5.41) is 0. The molecular formula is C10H11IO3. The van der Waals surface area contributed by atoms with Crippen molar-refractivity contribution >= 4 is 28.7 Å². The molecule has 0 aliphatic carbocycles. The topological polar surface area (TPSA) is 35.5 Å². The van der Waals surface area contributed by atoms with E-state index in [1.165, 1.54) is 0 Å². The molecule has 1 atom stereocenters. The second kappa shape index (κ2) is 5.19. The lowest BCUT2D eigenvalue weighted by Gasteiger charge is -2.07. The molecule has 0 spiro atoms. The van der Waals surface area contributed by atoms with Gasteiger partial charge >= 0.3 is 6.16 Å². The van der Waals surface area contributed by atoms with Crippen LogP contribution in [0.15, 0.2) is 24.3 Å². The lowest BCUT2D eigenvalue weighted by atomic mass is 10.2. The number of ether oxygens (including phenoxy) is 2. The molecule has 1 aromatic rings. The first-order valence-corrected chi connectivity index (χ1v) is 5.41. The lowest BCUT2D eigenvalue weighted by Crippen LogP contribution is -2.13. The van der Waals surface area contributed by atoms with Gasteiger partial charge in [0.05, 0.1) is 0 Å². The van der Waals surface area contributed by atoms with Gasteiger partial charge in [-0.25, -0.2) is 4.79 Å². The SMILES string of the molecule is Cc1cccc(OC(=O)OC(C)I)c1. The number of hydrogen-bond acceptors (Lipinski definition) is 3. The highest BCUT2D eigenvalue weighted by molar-refractivity contribution is 14.1. The number of rotatable bonds is 2. The molecule has 4 heteroatoms. The highest BCUT2D eigenvalue weighted by Crippen LogP contribution is 2.13. The number of benzene rings is 1. The quantitative estimate of drug-likeness (QED) is 0.364. The third-order valence-electron chi connectivity index (χ3n) is 1.45. The molecule has 1 rings (SSSR count). The van der Waals surface area contributed by atoms with Crippen molar-refractivity contribution in [3.05, 3.63) is 29.8 Å². The summed E-state index contributed by atoms with van der Waals surface area (Å²) in [5.41, 5.74) is 1.04. The summed E-state index contributed by atoms with van der Waals surface area (Å²) >= 11 is 1.98. The van der Waals surface area contributed by atoms with Crippen molar-refractivity contribution in [2.45, 2.75) is 18.0 Å². The standard InChI is InChI=1S/C10H11IO3/c1-7-4-3-5-9(6-7)14-10(12)13-8(2)11/h3-6,8H,1-2H3. The van der Waals surface area contributed by atoms with Crippen molar-refractivity contribution < 1.29 is 14.3 Å². The van der Waals surface area contributed by atoms with E-state index in [1.807, 2.05) is 41.6 Å². The normalized spacial score (nSPS) is 11.9. The van der Waals surface area contributed by atoms with Crippen LogP contribution in [0.4, 0.5) is 4.79 Å². The first kappa shape index (κ1) is 11.3. The maximum absolute atomic E-state index is 11.1. The van der Waals surface area contributed by atoms with E-state index in [0.29, 0.717) is 5.75 Å². The molecule has 14 heavy (non-hydrogen) atoms. The third kappa shape index (κ3) is 3.95. The molecule has 1 aromatic carbocycles. The monoisotopic (exact) mass is 306 g/mol. The van der Waals surface area contributed by atoms with Crippen LogP contribution in [0.2, 0.25) is 0 Å². The molecule has 0 aliphatic heterocycles. The summed E-state index contributed by atoms with van der Waals surface area (Å²) < 4.78 is 9.57. The molecule has 0 fully saturated rings. The van der Waals surface area contributed by atoms with Crippen molar-refractivity contribution in [3.63, 3.8) is 0 Å². The van der Waals surface area contributed by atoms with Crippen LogP contribution >= 0.6 is 22.6 Å². The molecule has 0 heterocycles. The molecular weight excluding hydrogens is 295 g/mol. The maximum Gasteiger partial charge on any atom is 0.514 e. The average molecular weight is 306 g/mol. The Labute approximate surface area is 96.5 Å². The van der Waals surface area contributed by atoms with Crippen LogP contribution in [-0.4, -0.2) is 10.3 Å². The number of halogens is 1. The minimum Gasteiger partial charge on any atom is -0.420 e. The van der Waals surface area contributed by atoms with E-state index in [0.717, 1.165) is 5.56 Å². The van der Waals surface area contributed by atoms with E-state index in [4.69, 9.17) is 9.47 Å². The van der Waals surface area contributed by atoms with Crippen LogP contribution in [0.5, 0.6) is 5.75 Å². The summed E-state index contributed by atoms with van der Waals surface area (Å²) in [6, 6.07) is 7.25. The zero-order chi connectivity index (χ0) is 10.6. The molecule has 0 radical (unpaired) electrons. The van der Waals surface area contributed by atoms with Crippen molar-refractivity contribution in [1.29, 1.82) is 0 Å². The number of alkyl halides is 1. The van der Waals surface area contributed by atoms with E-state index in [1.54, 1.807) is 19.1 Å². The van der Waals surface area contributed by atoms with Crippen molar-refractivity contribution in [1.82, 2.24) is 0 Å². The van der Waals surface area contributed by atoms with E-state index < -0.39 is 6.16 Å². The number of carbonyl (C=O) groups is 1. The van der Waals surface area contributed by atoms with E-state index in [9.17, 15) is 4.79 Å². The fraction of sp³-hybridized carbons (Fsp3) is 0.300. The Kier molecular flexibility index (Phi) is 4.19. The molecule has 1 unspecified atom stereocenters. The summed E-state index contributed by atoms with van der Waals surface area (Å²) in [4.78, 5) is 11.1. The van der Waals surface area contributed by atoms with Crippen LogP contribution in [0, 0.1) is 6.92 Å². The number of carbonyl (C=O) groups excluding carboxylic acids is 1. The molecule has 0 aromatic heterocycles. The zero-order valence-corrected chi connectivity index (χ0v) is 10.1. The maximum atomic E-state index is 11.1. The average Bonchev–Trinajstić information content (AvgIpc) is 2.01. The van der Waals surface area contributed by atoms with Gasteiger partial charge in [0, 0.05) is 0 Å². The molecule has 0 N–H and O–H groups in total. The van der Waals surface area contributed by atoms with Gasteiger partial charge in [-0.3, -0.25) is 0 Å². The minimum atomic E-state index is -0.669. The number of aryl methyl sites for hydroxylation is 1. The van der Waals surface area contributed by atoms with Gasteiger partial charge in [-0.2, -0.15) is 0 Å². The predicted octanol–water partition coefficient (Wildman–Crippen LogP) is 3.29. The van der Waals surface area contributed by atoms with Crippen LogP contribution < -0.4 is 4.74 Å². The second-order valence-electron chi connectivity index (χ2n) is 2.83. The summed E-state index contributed by atoms with van der Waals surface area (Å²) in [6.45, 7) is 3.69. The minimum absolute atomic E-state index is 0.190. The third-order valence-corrected chi connectivity index (χ3v) is 1.70. The Balaban J connectivity index is 2.56. The molecule has 0 saturated heterocycles. The second-order valence-corrected chi connectivity index (χ2v) is 4.58. The van der Waals surface area contributed by atoms with Crippen molar-refractivity contribution in [2.24, 2.45) is 0 Å². The van der Waals surface area contributed by atoms with Crippen LogP contribution in [0.25, 0.3) is 0 Å². The molecule has 0 bridgehead atoms. The van der Waals surface area contributed by atoms with Crippen LogP contribution in [0.1, 0.15) is 12.5 Å². The smallest absolute Gasteiger partial charge is 0.420 e. The largest absolute Gasteiger partial charge is 0.514 e. The molecule has 3 nitrogen and oxygen atoms in total. The molecule has 0 aliphatic rings. The van der Waals surface area contributed by atoms with E-state index in [-0.39, 0.29) is 4.11 Å². The van der Waals surface area contributed by atoms with Gasteiger partial charge in [0.15, 0.2) is 4.11 Å². The summed E-state index contributed by atoms with van der Waals surface area (Å²) in [7, 11) is 0. The van der Waals surface area contributed by atoms with E-state index in [2.05, 4.69) is 0 Å². The van der Waals surface area contributed by atoms with Crippen LogP contribution in [0.3, 0.4) is 0 Å². The summed E-state index contributed by atoms with van der Waals surface area (Å²) in [5.74, 6) is 0.507. The summed E-state index contributed by atoms with van der Waals surface area (Å²) in [6.07, 6.45) is -0.669. The van der Waals surface area contributed by atoms with Gasteiger partial charge in [-0.1, -0.05) is 12.1 Å². The number of hydrogen-bond donors (Lipinski definition) is 0. The van der Waals surface area contributed by atoms with Gasteiger partial charge in [0.1, 0.15) is 5.75 Å². The Hall–Kier alpha value is -0.780. The zero-order valence-electron chi connectivity index (χ0n) is 7.99. The van der Waals surface area contributed by atoms with Gasteiger partial charge in [0.25, 0.3) is 0 Å². The van der Waals surface area contributed by atoms with Crippen LogP contribution in [-0.2, 0) is 4.74 Å². The van der Waals surface area contributed by atoms with Gasteiger partial charge in [-0.05, 0) is 54.1 Å². The first-order chi connectivity index (χ1) is 6.58. The molecule has 0 saturated carbocycles. The van der Waals surface area contributed by atoms with E-state index >= 15 is 0 Å². The van der Waals surface area contributed by atoms with Gasteiger partial charge in [0.2, 0.25) is 0 Å². The first-order valence-electron chi connectivity index (χ1n) is 4.17. The fourth-order valence-electron chi connectivity index (χ4n) is 0.932. The Morgan fingerprint density at radius 3 is 2.79 bits per heavy atom. The predicted molar refractivity (Wildman–Crippen MR) is 61.8 cm³/mol. The van der Waals surface area contributed by atoms with Crippen molar-refractivity contribution in [2.75, 3.05) is 0 Å². The lowest BCUT2D eigenvalue weighted by molar-refractivity contribution is 0.0988. The van der Waals surface area contributed by atoms with Gasteiger partial charge < -0.3 is 9.47 Å². The molecule has 0 amide bonds. The highest BCUT2D eigenvalue weighted by atomic mass is 127. The van der Waals surface area contributed by atoms with Gasteiger partial charge in [-0.15, -0.1) is 0 Å². The Morgan fingerprint density at radius 1 is 1.50 bits per heavy atom. The Morgan fingerprint density at radius 2 is 2.21 bits per heavy atom. The van der Waals surface area contributed by atoms with Crippen molar-refractivity contribution in [3.8, 4) is 5.75 Å². The fourth-order valence-corrected chi connectivity index (χ4v) is 1.14.